The Morgan fingerprint density at radius 3 is 2.67 bits per heavy atom. The van der Waals surface area contributed by atoms with Gasteiger partial charge in [-0.2, -0.15) is 8.78 Å². The number of ether oxygens (including phenoxy) is 1. The number of halogens is 2. The summed E-state index contributed by atoms with van der Waals surface area (Å²) in [7, 11) is 0. The van der Waals surface area contributed by atoms with Crippen LogP contribution in [-0.4, -0.2) is 19.1 Å². The largest absolute Gasteiger partial charge is 0.433 e. The lowest BCUT2D eigenvalue weighted by atomic mass is 9.99. The third-order valence-electron chi connectivity index (χ3n) is 4.40. The molecule has 0 aromatic heterocycles. The summed E-state index contributed by atoms with van der Waals surface area (Å²) in [5.41, 5.74) is 4.00. The maximum atomic E-state index is 12.9. The van der Waals surface area contributed by atoms with Crippen molar-refractivity contribution in [3.05, 3.63) is 58.7 Å². The van der Waals surface area contributed by atoms with E-state index in [4.69, 9.17) is 0 Å². The molecule has 1 aliphatic rings. The second-order valence-electron chi connectivity index (χ2n) is 6.00. The second-order valence-corrected chi connectivity index (χ2v) is 6.00. The Kier molecular flexibility index (Phi) is 4.51. The van der Waals surface area contributed by atoms with Crippen LogP contribution >= 0.6 is 0 Å². The number of para-hydroxylation sites is 1. The monoisotopic (exact) mass is 331 g/mol. The van der Waals surface area contributed by atoms with Gasteiger partial charge in [0.2, 0.25) is 0 Å². The van der Waals surface area contributed by atoms with Gasteiger partial charge in [-0.1, -0.05) is 18.2 Å². The number of aryl methyl sites for hydroxylation is 3. The Hall–Kier alpha value is -2.43. The van der Waals surface area contributed by atoms with Crippen molar-refractivity contribution < 1.29 is 18.3 Å². The summed E-state index contributed by atoms with van der Waals surface area (Å²) in [6.45, 7) is 1.50. The summed E-state index contributed by atoms with van der Waals surface area (Å²) in [6.07, 6.45) is 1.54. The summed E-state index contributed by atoms with van der Waals surface area (Å²) < 4.78 is 30.1. The van der Waals surface area contributed by atoms with Crippen molar-refractivity contribution in [2.45, 2.75) is 33.3 Å². The van der Waals surface area contributed by atoms with Gasteiger partial charge in [0.15, 0.2) is 0 Å². The van der Waals surface area contributed by atoms with Crippen molar-refractivity contribution in [2.75, 3.05) is 11.4 Å². The quantitative estimate of drug-likeness (QED) is 0.829. The maximum Gasteiger partial charge on any atom is 0.387 e. The Morgan fingerprint density at radius 1 is 1.17 bits per heavy atom. The summed E-state index contributed by atoms with van der Waals surface area (Å²) in [5, 5.41) is 0. The fourth-order valence-corrected chi connectivity index (χ4v) is 3.04. The minimum Gasteiger partial charge on any atom is -0.433 e. The zero-order valence-electron chi connectivity index (χ0n) is 13.7. The standard InChI is InChI=1S/C19H19F2NO2/c1-12-8-9-15(11-13(12)2)18(23)22-10-4-6-14-5-3-7-16(17(14)22)24-19(20)21/h3,5,7-9,11,19H,4,6,10H2,1-2H3. The molecular formula is C19H19F2NO2. The minimum atomic E-state index is -2.92. The average Bonchev–Trinajstić information content (AvgIpc) is 2.56. The van der Waals surface area contributed by atoms with E-state index in [0.29, 0.717) is 17.8 Å². The van der Waals surface area contributed by atoms with Gasteiger partial charge in [-0.15, -0.1) is 0 Å². The van der Waals surface area contributed by atoms with Crippen LogP contribution in [0, 0.1) is 13.8 Å². The molecule has 2 aromatic carbocycles. The SMILES string of the molecule is Cc1ccc(C(=O)N2CCCc3cccc(OC(F)F)c32)cc1C. The Bertz CT molecular complexity index is 774. The van der Waals surface area contributed by atoms with Crippen LogP contribution in [0.1, 0.15) is 33.5 Å². The number of carbonyl (C=O) groups excluding carboxylic acids is 1. The summed E-state index contributed by atoms with van der Waals surface area (Å²) in [4.78, 5) is 14.5. The number of anilines is 1. The predicted octanol–water partition coefficient (Wildman–Crippen LogP) is 4.50. The van der Waals surface area contributed by atoms with Crippen molar-refractivity contribution >= 4 is 11.6 Å². The Balaban J connectivity index is 2.02. The molecular weight excluding hydrogens is 312 g/mol. The van der Waals surface area contributed by atoms with Gasteiger partial charge < -0.3 is 9.64 Å². The highest BCUT2D eigenvalue weighted by Crippen LogP contribution is 2.38. The first-order chi connectivity index (χ1) is 11.5. The molecule has 5 heteroatoms. The van der Waals surface area contributed by atoms with Gasteiger partial charge in [-0.3, -0.25) is 4.79 Å². The molecule has 126 valence electrons. The van der Waals surface area contributed by atoms with E-state index in [2.05, 4.69) is 4.74 Å². The van der Waals surface area contributed by atoms with Crippen LogP contribution in [-0.2, 0) is 6.42 Å². The molecule has 0 atom stereocenters. The number of nitrogens with zero attached hydrogens (tertiary/aromatic N) is 1. The molecule has 0 bridgehead atoms. The highest BCUT2D eigenvalue weighted by atomic mass is 19.3. The van der Waals surface area contributed by atoms with E-state index in [-0.39, 0.29) is 11.7 Å². The number of hydrogen-bond acceptors (Lipinski definition) is 2. The van der Waals surface area contributed by atoms with Gasteiger partial charge in [0.05, 0.1) is 5.69 Å². The van der Waals surface area contributed by atoms with Gasteiger partial charge >= 0.3 is 6.61 Å². The van der Waals surface area contributed by atoms with Gasteiger partial charge in [0, 0.05) is 12.1 Å². The summed E-state index contributed by atoms with van der Waals surface area (Å²) in [6, 6.07) is 10.5. The first-order valence-corrected chi connectivity index (χ1v) is 7.93. The van der Waals surface area contributed by atoms with Gasteiger partial charge in [0.1, 0.15) is 5.75 Å². The zero-order chi connectivity index (χ0) is 17.3. The molecule has 2 aromatic rings. The molecule has 0 N–H and O–H groups in total. The van der Waals surface area contributed by atoms with Gasteiger partial charge in [0.25, 0.3) is 5.91 Å². The van der Waals surface area contributed by atoms with E-state index in [1.165, 1.54) is 6.07 Å². The number of fused-ring (bicyclic) bond motifs is 1. The Labute approximate surface area is 139 Å². The highest BCUT2D eigenvalue weighted by molar-refractivity contribution is 6.07. The number of benzene rings is 2. The van der Waals surface area contributed by atoms with Crippen molar-refractivity contribution in [2.24, 2.45) is 0 Å². The smallest absolute Gasteiger partial charge is 0.387 e. The number of carbonyl (C=O) groups is 1. The van der Waals surface area contributed by atoms with Crippen LogP contribution in [0.15, 0.2) is 36.4 Å². The maximum absolute atomic E-state index is 12.9. The lowest BCUT2D eigenvalue weighted by Gasteiger charge is -2.31. The van der Waals surface area contributed by atoms with E-state index in [9.17, 15) is 13.6 Å². The highest BCUT2D eigenvalue weighted by Gasteiger charge is 2.28. The second kappa shape index (κ2) is 6.59. The molecule has 0 saturated carbocycles. The van der Waals surface area contributed by atoms with Gasteiger partial charge in [-0.05, 0) is 61.6 Å². The zero-order valence-corrected chi connectivity index (χ0v) is 13.7. The first kappa shape index (κ1) is 16.4. The normalized spacial score (nSPS) is 13.8. The van der Waals surface area contributed by atoms with E-state index in [1.54, 1.807) is 17.0 Å². The first-order valence-electron chi connectivity index (χ1n) is 7.93. The number of amides is 1. The van der Waals surface area contributed by atoms with Crippen LogP contribution in [0.2, 0.25) is 0 Å². The molecule has 1 aliphatic heterocycles. The van der Waals surface area contributed by atoms with Crippen LogP contribution in [0.4, 0.5) is 14.5 Å². The fourth-order valence-electron chi connectivity index (χ4n) is 3.04. The third kappa shape index (κ3) is 3.11. The molecule has 24 heavy (non-hydrogen) atoms. The van der Waals surface area contributed by atoms with E-state index in [0.717, 1.165) is 29.5 Å². The van der Waals surface area contributed by atoms with Crippen LogP contribution in [0.5, 0.6) is 5.75 Å². The molecule has 1 heterocycles. The fraction of sp³-hybridized carbons (Fsp3) is 0.316. The lowest BCUT2D eigenvalue weighted by molar-refractivity contribution is -0.0495. The molecule has 0 saturated heterocycles. The molecule has 0 fully saturated rings. The molecule has 3 rings (SSSR count). The van der Waals surface area contributed by atoms with E-state index < -0.39 is 6.61 Å². The van der Waals surface area contributed by atoms with Crippen molar-refractivity contribution in [3.8, 4) is 5.75 Å². The molecule has 0 aliphatic carbocycles. The van der Waals surface area contributed by atoms with Gasteiger partial charge in [-0.25, -0.2) is 0 Å². The lowest BCUT2D eigenvalue weighted by Crippen LogP contribution is -2.36. The molecule has 1 amide bonds. The van der Waals surface area contributed by atoms with Crippen molar-refractivity contribution in [1.82, 2.24) is 0 Å². The Morgan fingerprint density at radius 2 is 1.96 bits per heavy atom. The number of hydrogen-bond donors (Lipinski definition) is 0. The molecule has 0 unspecified atom stereocenters. The average molecular weight is 331 g/mol. The van der Waals surface area contributed by atoms with Crippen LogP contribution < -0.4 is 9.64 Å². The molecule has 0 radical (unpaired) electrons. The van der Waals surface area contributed by atoms with Crippen molar-refractivity contribution in [3.63, 3.8) is 0 Å². The van der Waals surface area contributed by atoms with E-state index >= 15 is 0 Å². The van der Waals surface area contributed by atoms with Crippen LogP contribution in [0.25, 0.3) is 0 Å². The molecule has 0 spiro atoms. The third-order valence-corrected chi connectivity index (χ3v) is 4.40. The minimum absolute atomic E-state index is 0.0550. The number of rotatable bonds is 3. The van der Waals surface area contributed by atoms with Crippen molar-refractivity contribution in [1.29, 1.82) is 0 Å². The van der Waals surface area contributed by atoms with Crippen LogP contribution in [0.3, 0.4) is 0 Å². The number of alkyl halides is 2. The molecule has 3 nitrogen and oxygen atoms in total. The van der Waals surface area contributed by atoms with E-state index in [1.807, 2.05) is 32.0 Å². The summed E-state index contributed by atoms with van der Waals surface area (Å²) in [5.74, 6) is -0.135. The topological polar surface area (TPSA) is 29.5 Å². The summed E-state index contributed by atoms with van der Waals surface area (Å²) >= 11 is 0. The predicted molar refractivity (Wildman–Crippen MR) is 89.0 cm³/mol.